The van der Waals surface area contributed by atoms with Gasteiger partial charge in [0.15, 0.2) is 5.01 Å². The topological polar surface area (TPSA) is 63.6 Å². The lowest BCUT2D eigenvalue weighted by Crippen LogP contribution is -1.94. The van der Waals surface area contributed by atoms with E-state index in [1.165, 1.54) is 0 Å². The standard InChI is InChI=1S/C12H11N5S2/c1-2-14-12-17-16-11(19-12)9-7-15-10(18-9)8-4-3-5-13-6-8/h3-7H,2H2,1H3,(H,14,17). The number of pyridine rings is 1. The molecule has 3 aromatic heterocycles. The van der Waals surface area contributed by atoms with Gasteiger partial charge < -0.3 is 5.32 Å². The Labute approximate surface area is 118 Å². The molecule has 0 spiro atoms. The molecule has 0 bridgehead atoms. The van der Waals surface area contributed by atoms with Gasteiger partial charge in [-0.15, -0.1) is 21.5 Å². The van der Waals surface area contributed by atoms with Gasteiger partial charge in [-0.2, -0.15) is 0 Å². The van der Waals surface area contributed by atoms with Crippen LogP contribution in [0.15, 0.2) is 30.7 Å². The van der Waals surface area contributed by atoms with E-state index in [2.05, 4.69) is 25.5 Å². The van der Waals surface area contributed by atoms with Crippen molar-refractivity contribution in [2.24, 2.45) is 0 Å². The number of nitrogens with one attached hydrogen (secondary N) is 1. The van der Waals surface area contributed by atoms with Crippen molar-refractivity contribution in [1.29, 1.82) is 0 Å². The van der Waals surface area contributed by atoms with Crippen LogP contribution in [0.1, 0.15) is 6.92 Å². The summed E-state index contributed by atoms with van der Waals surface area (Å²) in [5.41, 5.74) is 1.02. The molecule has 0 aliphatic carbocycles. The van der Waals surface area contributed by atoms with Gasteiger partial charge in [-0.05, 0) is 19.1 Å². The van der Waals surface area contributed by atoms with Crippen LogP contribution < -0.4 is 5.32 Å². The molecule has 3 aromatic rings. The zero-order chi connectivity index (χ0) is 13.1. The molecule has 0 aromatic carbocycles. The average molecular weight is 289 g/mol. The summed E-state index contributed by atoms with van der Waals surface area (Å²) in [6.45, 7) is 2.88. The summed E-state index contributed by atoms with van der Waals surface area (Å²) < 4.78 is 0. The van der Waals surface area contributed by atoms with Crippen LogP contribution in [0.4, 0.5) is 5.13 Å². The minimum atomic E-state index is 0.842. The molecule has 0 atom stereocenters. The smallest absolute Gasteiger partial charge is 0.206 e. The predicted molar refractivity (Wildman–Crippen MR) is 78.4 cm³/mol. The third-order valence-electron chi connectivity index (χ3n) is 2.38. The molecule has 0 saturated heterocycles. The largest absolute Gasteiger partial charge is 0.360 e. The van der Waals surface area contributed by atoms with E-state index >= 15 is 0 Å². The van der Waals surface area contributed by atoms with E-state index in [0.717, 1.165) is 32.1 Å². The zero-order valence-corrected chi connectivity index (χ0v) is 11.8. The summed E-state index contributed by atoms with van der Waals surface area (Å²) in [5.74, 6) is 0. The SMILES string of the molecule is CCNc1nnc(-c2cnc(-c3cccnc3)s2)s1. The quantitative estimate of drug-likeness (QED) is 0.799. The Balaban J connectivity index is 1.88. The van der Waals surface area contributed by atoms with E-state index in [1.54, 1.807) is 28.9 Å². The van der Waals surface area contributed by atoms with Crippen LogP contribution in [-0.2, 0) is 0 Å². The molecule has 0 amide bonds. The summed E-state index contributed by atoms with van der Waals surface area (Å²) in [5, 5.41) is 14.1. The molecule has 0 saturated carbocycles. The number of hydrogen-bond acceptors (Lipinski definition) is 7. The van der Waals surface area contributed by atoms with Gasteiger partial charge in [-0.3, -0.25) is 4.98 Å². The van der Waals surface area contributed by atoms with Crippen LogP contribution in [-0.4, -0.2) is 26.7 Å². The first-order valence-corrected chi connectivity index (χ1v) is 7.44. The molecular formula is C12H11N5S2. The van der Waals surface area contributed by atoms with Gasteiger partial charge in [-0.25, -0.2) is 4.98 Å². The van der Waals surface area contributed by atoms with Crippen LogP contribution in [0.25, 0.3) is 20.5 Å². The number of anilines is 1. The highest BCUT2D eigenvalue weighted by atomic mass is 32.1. The summed E-state index contributed by atoms with van der Waals surface area (Å²) in [6, 6.07) is 3.91. The lowest BCUT2D eigenvalue weighted by atomic mass is 10.3. The molecule has 3 heterocycles. The number of thiazole rings is 1. The summed E-state index contributed by atoms with van der Waals surface area (Å²) in [4.78, 5) is 9.55. The number of nitrogens with zero attached hydrogens (tertiary/aromatic N) is 4. The van der Waals surface area contributed by atoms with Gasteiger partial charge in [0.1, 0.15) is 5.01 Å². The van der Waals surface area contributed by atoms with E-state index in [-0.39, 0.29) is 0 Å². The van der Waals surface area contributed by atoms with Crippen LogP contribution >= 0.6 is 22.7 Å². The van der Waals surface area contributed by atoms with Crippen molar-refractivity contribution >= 4 is 27.8 Å². The van der Waals surface area contributed by atoms with Crippen LogP contribution in [0, 0.1) is 0 Å². The Morgan fingerprint density at radius 1 is 1.16 bits per heavy atom. The maximum atomic E-state index is 4.42. The van der Waals surface area contributed by atoms with Crippen molar-refractivity contribution in [3.8, 4) is 20.5 Å². The van der Waals surface area contributed by atoms with Crippen molar-refractivity contribution < 1.29 is 0 Å². The fraction of sp³-hybridized carbons (Fsp3) is 0.167. The molecule has 0 radical (unpaired) electrons. The fourth-order valence-electron chi connectivity index (χ4n) is 1.54. The van der Waals surface area contributed by atoms with E-state index in [9.17, 15) is 0 Å². The lowest BCUT2D eigenvalue weighted by molar-refractivity contribution is 1.07. The second kappa shape index (κ2) is 5.41. The highest BCUT2D eigenvalue weighted by Crippen LogP contribution is 2.34. The fourth-order valence-corrected chi connectivity index (χ4v) is 3.29. The number of aromatic nitrogens is 4. The molecule has 19 heavy (non-hydrogen) atoms. The average Bonchev–Trinajstić information content (AvgIpc) is 3.08. The second-order valence-corrected chi connectivity index (χ2v) is 5.72. The van der Waals surface area contributed by atoms with Gasteiger partial charge in [-0.1, -0.05) is 11.3 Å². The molecule has 0 aliphatic rings. The first kappa shape index (κ1) is 12.2. The van der Waals surface area contributed by atoms with Crippen molar-refractivity contribution in [3.05, 3.63) is 30.7 Å². The molecule has 0 aliphatic heterocycles. The van der Waals surface area contributed by atoms with Gasteiger partial charge in [0.2, 0.25) is 5.13 Å². The molecule has 7 heteroatoms. The minimum absolute atomic E-state index is 0.842. The van der Waals surface area contributed by atoms with Crippen molar-refractivity contribution in [1.82, 2.24) is 20.2 Å². The summed E-state index contributed by atoms with van der Waals surface area (Å²) >= 11 is 3.14. The number of rotatable bonds is 4. The Kier molecular flexibility index (Phi) is 3.47. The van der Waals surface area contributed by atoms with Crippen molar-refractivity contribution in [2.75, 3.05) is 11.9 Å². The summed E-state index contributed by atoms with van der Waals surface area (Å²) in [6.07, 6.45) is 5.40. The van der Waals surface area contributed by atoms with Gasteiger partial charge in [0.25, 0.3) is 0 Å². The first-order chi connectivity index (χ1) is 9.36. The molecule has 1 N–H and O–H groups in total. The third-order valence-corrected chi connectivity index (χ3v) is 4.47. The lowest BCUT2D eigenvalue weighted by Gasteiger charge is -1.92. The highest BCUT2D eigenvalue weighted by molar-refractivity contribution is 7.24. The Morgan fingerprint density at radius 2 is 2.11 bits per heavy atom. The first-order valence-electron chi connectivity index (χ1n) is 5.81. The van der Waals surface area contributed by atoms with Crippen LogP contribution in [0.3, 0.4) is 0 Å². The molecule has 3 rings (SSSR count). The predicted octanol–water partition coefficient (Wildman–Crippen LogP) is 3.16. The third kappa shape index (κ3) is 2.61. The minimum Gasteiger partial charge on any atom is -0.360 e. The number of hydrogen-bond donors (Lipinski definition) is 1. The second-order valence-electron chi connectivity index (χ2n) is 3.71. The van der Waals surface area contributed by atoms with E-state index < -0.39 is 0 Å². The summed E-state index contributed by atoms with van der Waals surface area (Å²) in [7, 11) is 0. The van der Waals surface area contributed by atoms with Crippen LogP contribution in [0.2, 0.25) is 0 Å². The Hall–Kier alpha value is -1.86. The van der Waals surface area contributed by atoms with Gasteiger partial charge in [0, 0.05) is 30.7 Å². The molecular weight excluding hydrogens is 278 g/mol. The van der Waals surface area contributed by atoms with Crippen molar-refractivity contribution in [3.63, 3.8) is 0 Å². The zero-order valence-electron chi connectivity index (χ0n) is 10.2. The molecule has 0 fully saturated rings. The molecule has 5 nitrogen and oxygen atoms in total. The molecule has 96 valence electrons. The van der Waals surface area contributed by atoms with E-state index in [0.29, 0.717) is 0 Å². The van der Waals surface area contributed by atoms with Crippen molar-refractivity contribution in [2.45, 2.75) is 6.92 Å². The van der Waals surface area contributed by atoms with E-state index in [4.69, 9.17) is 0 Å². The highest BCUT2D eigenvalue weighted by Gasteiger charge is 2.11. The Morgan fingerprint density at radius 3 is 2.89 bits per heavy atom. The maximum Gasteiger partial charge on any atom is 0.206 e. The molecule has 0 unspecified atom stereocenters. The monoisotopic (exact) mass is 289 g/mol. The van der Waals surface area contributed by atoms with Crippen LogP contribution in [0.5, 0.6) is 0 Å². The Bertz CT molecular complexity index is 662. The maximum absolute atomic E-state index is 4.42. The van der Waals surface area contributed by atoms with E-state index in [1.807, 2.05) is 31.5 Å². The van der Waals surface area contributed by atoms with Gasteiger partial charge in [0.05, 0.1) is 4.88 Å². The van der Waals surface area contributed by atoms with Gasteiger partial charge >= 0.3 is 0 Å². The normalized spacial score (nSPS) is 10.6.